The maximum Gasteiger partial charge on any atom is 0.161 e. The van der Waals surface area contributed by atoms with Gasteiger partial charge in [-0.3, -0.25) is 0 Å². The zero-order chi connectivity index (χ0) is 14.3. The number of imidazole rings is 1. The molecule has 0 unspecified atom stereocenters. The molecule has 0 aliphatic rings. The highest BCUT2D eigenvalue weighted by atomic mass is 32.1. The molecule has 0 atom stereocenters. The number of hydrogen-bond acceptors (Lipinski definition) is 3. The average molecular weight is 293 g/mol. The number of benzene rings is 1. The van der Waals surface area contributed by atoms with Gasteiger partial charge in [-0.1, -0.05) is 13.8 Å². The third-order valence-corrected chi connectivity index (χ3v) is 4.25. The number of halogens is 2. The molecule has 0 saturated heterocycles. The number of hydrogen-bond donors (Lipinski definition) is 0. The average Bonchev–Trinajstić information content (AvgIpc) is 3.00. The van der Waals surface area contributed by atoms with Crippen LogP contribution in [0, 0.1) is 11.6 Å². The van der Waals surface area contributed by atoms with E-state index in [0.717, 1.165) is 16.8 Å². The van der Waals surface area contributed by atoms with E-state index in [1.807, 2.05) is 5.38 Å². The van der Waals surface area contributed by atoms with Gasteiger partial charge in [0.15, 0.2) is 11.6 Å². The van der Waals surface area contributed by atoms with Crippen LogP contribution in [0.1, 0.15) is 30.5 Å². The van der Waals surface area contributed by atoms with Crippen LogP contribution >= 0.6 is 11.3 Å². The Morgan fingerprint density at radius 1 is 1.25 bits per heavy atom. The second-order valence-corrected chi connectivity index (χ2v) is 5.85. The van der Waals surface area contributed by atoms with Gasteiger partial charge in [0, 0.05) is 23.4 Å². The molecule has 0 aliphatic carbocycles. The summed E-state index contributed by atoms with van der Waals surface area (Å²) in [6.07, 6.45) is 1.58. The van der Waals surface area contributed by atoms with Crippen LogP contribution in [0.4, 0.5) is 8.78 Å². The Morgan fingerprint density at radius 2 is 2.00 bits per heavy atom. The van der Waals surface area contributed by atoms with Gasteiger partial charge in [0.2, 0.25) is 0 Å². The molecule has 6 heteroatoms. The molecule has 0 bridgehead atoms. The Hall–Kier alpha value is -1.82. The molecular formula is C14H13F2N3S. The molecule has 0 N–H and O–H groups in total. The minimum absolute atomic E-state index is 0.389. The van der Waals surface area contributed by atoms with E-state index in [2.05, 4.69) is 23.8 Å². The summed E-state index contributed by atoms with van der Waals surface area (Å²) in [6.45, 7) is 4.69. The van der Waals surface area contributed by atoms with E-state index in [1.54, 1.807) is 22.2 Å². The van der Waals surface area contributed by atoms with E-state index in [1.165, 1.54) is 6.07 Å². The predicted octanol–water partition coefficient (Wildman–Crippen LogP) is 3.94. The van der Waals surface area contributed by atoms with Crippen molar-refractivity contribution >= 4 is 22.4 Å². The summed E-state index contributed by atoms with van der Waals surface area (Å²) in [5.41, 5.74) is 1.92. The van der Waals surface area contributed by atoms with Gasteiger partial charge in [0.25, 0.3) is 0 Å². The molecule has 1 aromatic carbocycles. The first-order chi connectivity index (χ1) is 9.54. The molecule has 2 heterocycles. The molecule has 0 fully saturated rings. The van der Waals surface area contributed by atoms with Crippen LogP contribution in [0.2, 0.25) is 0 Å². The Balaban J connectivity index is 1.96. The Kier molecular flexibility index (Phi) is 3.25. The fourth-order valence-corrected chi connectivity index (χ4v) is 2.84. The van der Waals surface area contributed by atoms with Crippen molar-refractivity contribution in [1.29, 1.82) is 0 Å². The van der Waals surface area contributed by atoms with E-state index in [0.29, 0.717) is 23.5 Å². The van der Waals surface area contributed by atoms with Crippen LogP contribution in [-0.4, -0.2) is 14.5 Å². The summed E-state index contributed by atoms with van der Waals surface area (Å²) in [5, 5.41) is 3.06. The van der Waals surface area contributed by atoms with Crippen molar-refractivity contribution in [1.82, 2.24) is 14.5 Å². The first-order valence-corrected chi connectivity index (χ1v) is 7.16. The highest BCUT2D eigenvalue weighted by Gasteiger charge is 2.11. The van der Waals surface area contributed by atoms with Crippen LogP contribution in [-0.2, 0) is 6.54 Å². The topological polar surface area (TPSA) is 30.7 Å². The Bertz CT molecular complexity index is 761. The van der Waals surface area contributed by atoms with E-state index >= 15 is 0 Å². The van der Waals surface area contributed by atoms with Crippen molar-refractivity contribution in [3.05, 3.63) is 46.2 Å². The molecule has 3 nitrogen and oxygen atoms in total. The number of aromatic nitrogens is 3. The zero-order valence-corrected chi connectivity index (χ0v) is 11.9. The summed E-state index contributed by atoms with van der Waals surface area (Å²) in [6, 6.07) is 2.29. The smallest absolute Gasteiger partial charge is 0.161 e. The van der Waals surface area contributed by atoms with Crippen LogP contribution < -0.4 is 0 Å². The third kappa shape index (κ3) is 2.31. The quantitative estimate of drug-likeness (QED) is 0.732. The van der Waals surface area contributed by atoms with Crippen molar-refractivity contribution in [2.45, 2.75) is 26.3 Å². The maximum atomic E-state index is 13.3. The molecule has 2 aromatic heterocycles. The summed E-state index contributed by atoms with van der Waals surface area (Å²) < 4.78 is 28.2. The summed E-state index contributed by atoms with van der Waals surface area (Å²) in [4.78, 5) is 8.62. The van der Waals surface area contributed by atoms with Crippen LogP contribution in [0.3, 0.4) is 0 Å². The highest BCUT2D eigenvalue weighted by molar-refractivity contribution is 7.09. The first-order valence-electron chi connectivity index (χ1n) is 6.29. The van der Waals surface area contributed by atoms with Gasteiger partial charge in [0.1, 0.15) is 0 Å². The SMILES string of the molecule is CC(C)c1nc(Cn2cnc3cc(F)c(F)cc32)cs1. The molecular weight excluding hydrogens is 280 g/mol. The van der Waals surface area contributed by atoms with E-state index in [4.69, 9.17) is 0 Å². The standard InChI is InChI=1S/C14H13F2N3S/c1-8(2)14-18-9(6-20-14)5-19-7-17-12-3-10(15)11(16)4-13(12)19/h3-4,6-8H,5H2,1-2H3. The number of nitrogens with zero attached hydrogens (tertiary/aromatic N) is 3. The van der Waals surface area contributed by atoms with Gasteiger partial charge in [0.05, 0.1) is 34.6 Å². The predicted molar refractivity (Wildman–Crippen MR) is 75.0 cm³/mol. The Labute approximate surface area is 118 Å². The maximum absolute atomic E-state index is 13.3. The van der Waals surface area contributed by atoms with Crippen LogP contribution in [0.15, 0.2) is 23.8 Å². The number of thiazole rings is 1. The molecule has 20 heavy (non-hydrogen) atoms. The second kappa shape index (κ2) is 4.94. The van der Waals surface area contributed by atoms with Gasteiger partial charge >= 0.3 is 0 Å². The minimum atomic E-state index is -0.876. The molecule has 3 aromatic rings. The minimum Gasteiger partial charge on any atom is -0.324 e. The summed E-state index contributed by atoms with van der Waals surface area (Å²) >= 11 is 1.61. The van der Waals surface area contributed by atoms with Crippen LogP contribution in [0.5, 0.6) is 0 Å². The number of rotatable bonds is 3. The van der Waals surface area contributed by atoms with Gasteiger partial charge < -0.3 is 4.57 Å². The van der Waals surface area contributed by atoms with E-state index in [-0.39, 0.29) is 0 Å². The van der Waals surface area contributed by atoms with Crippen molar-refractivity contribution in [2.24, 2.45) is 0 Å². The molecule has 3 rings (SSSR count). The van der Waals surface area contributed by atoms with Crippen LogP contribution in [0.25, 0.3) is 11.0 Å². The fraction of sp³-hybridized carbons (Fsp3) is 0.286. The Morgan fingerprint density at radius 3 is 2.70 bits per heavy atom. The largest absolute Gasteiger partial charge is 0.324 e. The lowest BCUT2D eigenvalue weighted by Crippen LogP contribution is -1.99. The summed E-state index contributed by atoms with van der Waals surface area (Å²) in [7, 11) is 0. The van der Waals surface area contributed by atoms with Gasteiger partial charge in [-0.05, 0) is 0 Å². The van der Waals surface area contributed by atoms with Crippen molar-refractivity contribution in [3.8, 4) is 0 Å². The number of fused-ring (bicyclic) bond motifs is 1. The monoisotopic (exact) mass is 293 g/mol. The van der Waals surface area contributed by atoms with Gasteiger partial charge in [-0.15, -0.1) is 11.3 Å². The lowest BCUT2D eigenvalue weighted by molar-refractivity contribution is 0.510. The third-order valence-electron chi connectivity index (χ3n) is 3.06. The van der Waals surface area contributed by atoms with E-state index < -0.39 is 11.6 Å². The molecule has 0 spiro atoms. The van der Waals surface area contributed by atoms with Crippen molar-refractivity contribution in [2.75, 3.05) is 0 Å². The molecule has 0 aliphatic heterocycles. The van der Waals surface area contributed by atoms with E-state index in [9.17, 15) is 8.78 Å². The first kappa shape index (κ1) is 13.2. The van der Waals surface area contributed by atoms with Crippen molar-refractivity contribution in [3.63, 3.8) is 0 Å². The second-order valence-electron chi connectivity index (χ2n) is 4.96. The lowest BCUT2D eigenvalue weighted by atomic mass is 10.2. The summed E-state index contributed by atoms with van der Waals surface area (Å²) in [5.74, 6) is -1.35. The highest BCUT2D eigenvalue weighted by Crippen LogP contribution is 2.22. The molecule has 0 saturated carbocycles. The molecule has 104 valence electrons. The zero-order valence-electron chi connectivity index (χ0n) is 11.1. The van der Waals surface area contributed by atoms with Gasteiger partial charge in [-0.2, -0.15) is 0 Å². The van der Waals surface area contributed by atoms with Crippen molar-refractivity contribution < 1.29 is 8.78 Å². The normalized spacial score (nSPS) is 11.7. The molecule has 0 radical (unpaired) electrons. The van der Waals surface area contributed by atoms with Gasteiger partial charge in [-0.25, -0.2) is 18.7 Å². The lowest BCUT2D eigenvalue weighted by Gasteiger charge is -2.02. The fourth-order valence-electron chi connectivity index (χ4n) is 2.01. The molecule has 0 amide bonds.